The van der Waals surface area contributed by atoms with Crippen molar-refractivity contribution in [3.8, 4) is 0 Å². The number of carbonyl (C=O) groups excluding carboxylic acids is 1. The van der Waals surface area contributed by atoms with Crippen LogP contribution < -0.4 is 11.1 Å². The Morgan fingerprint density at radius 1 is 1.29 bits per heavy atom. The molecule has 0 radical (unpaired) electrons. The van der Waals surface area contributed by atoms with Crippen LogP contribution in [-0.4, -0.2) is 24.7 Å². The molecular formula is C18H21N3O2S. The Bertz CT molecular complexity index is 716. The Morgan fingerprint density at radius 2 is 2.00 bits per heavy atom. The second-order valence-electron chi connectivity index (χ2n) is 5.10. The van der Waals surface area contributed by atoms with E-state index in [0.717, 1.165) is 16.1 Å². The Labute approximate surface area is 146 Å². The van der Waals surface area contributed by atoms with E-state index in [1.807, 2.05) is 30.5 Å². The van der Waals surface area contributed by atoms with Crippen molar-refractivity contribution < 1.29 is 9.53 Å². The zero-order valence-electron chi connectivity index (χ0n) is 13.7. The average Bonchev–Trinajstić information content (AvgIpc) is 2.60. The van der Waals surface area contributed by atoms with Crippen molar-refractivity contribution in [2.45, 2.75) is 17.9 Å². The number of carbonyl (C=O) groups is 1. The van der Waals surface area contributed by atoms with Gasteiger partial charge in [-0.2, -0.15) is 0 Å². The standard InChI is InChI=1S/C18H21N3O2S/c1-3-23-18(22)16(13-5-4-6-15(11-13)24-2)21-14-9-7-12(8-10-14)17(19)20/h4-11,16,21H,3H2,1-2H3,(H3,19,20). The first kappa shape index (κ1) is 17.9. The number of nitrogens with two attached hydrogens (primary N) is 1. The summed E-state index contributed by atoms with van der Waals surface area (Å²) >= 11 is 1.62. The van der Waals surface area contributed by atoms with Crippen LogP contribution in [0.1, 0.15) is 24.1 Å². The molecule has 0 aromatic heterocycles. The molecule has 0 amide bonds. The molecule has 0 heterocycles. The predicted molar refractivity (Wildman–Crippen MR) is 98.7 cm³/mol. The second-order valence-corrected chi connectivity index (χ2v) is 5.98. The maximum Gasteiger partial charge on any atom is 0.333 e. The highest BCUT2D eigenvalue weighted by Crippen LogP contribution is 2.25. The van der Waals surface area contributed by atoms with Gasteiger partial charge in [-0.3, -0.25) is 5.41 Å². The van der Waals surface area contributed by atoms with Crippen molar-refractivity contribution in [3.05, 3.63) is 59.7 Å². The molecule has 0 spiro atoms. The molecule has 0 aliphatic carbocycles. The van der Waals surface area contributed by atoms with E-state index in [1.54, 1.807) is 43.0 Å². The number of rotatable bonds is 7. The Kier molecular flexibility index (Phi) is 6.26. The molecule has 1 unspecified atom stereocenters. The topological polar surface area (TPSA) is 88.2 Å². The van der Waals surface area contributed by atoms with Crippen LogP contribution in [0.25, 0.3) is 0 Å². The van der Waals surface area contributed by atoms with E-state index in [9.17, 15) is 4.79 Å². The normalized spacial score (nSPS) is 11.6. The molecule has 2 aromatic rings. The molecular weight excluding hydrogens is 322 g/mol. The van der Waals surface area contributed by atoms with Crippen LogP contribution in [0.4, 0.5) is 5.69 Å². The summed E-state index contributed by atoms with van der Waals surface area (Å²) in [5.74, 6) is -0.317. The molecule has 0 aliphatic heterocycles. The van der Waals surface area contributed by atoms with Gasteiger partial charge in [0, 0.05) is 16.1 Å². The quantitative estimate of drug-likeness (QED) is 0.310. The van der Waals surface area contributed by atoms with Gasteiger partial charge in [-0.1, -0.05) is 12.1 Å². The Morgan fingerprint density at radius 3 is 2.58 bits per heavy atom. The SMILES string of the molecule is CCOC(=O)C(Nc1ccc(C(=N)N)cc1)c1cccc(SC)c1. The van der Waals surface area contributed by atoms with Crippen LogP contribution in [0, 0.1) is 5.41 Å². The maximum absolute atomic E-state index is 12.4. The molecule has 24 heavy (non-hydrogen) atoms. The van der Waals surface area contributed by atoms with E-state index in [0.29, 0.717) is 12.2 Å². The van der Waals surface area contributed by atoms with E-state index in [1.165, 1.54) is 0 Å². The number of benzene rings is 2. The second kappa shape index (κ2) is 8.40. The lowest BCUT2D eigenvalue weighted by atomic mass is 10.1. The highest BCUT2D eigenvalue weighted by molar-refractivity contribution is 7.98. The summed E-state index contributed by atoms with van der Waals surface area (Å²) in [7, 11) is 0. The first-order chi connectivity index (χ1) is 11.5. The largest absolute Gasteiger partial charge is 0.464 e. The van der Waals surface area contributed by atoms with Crippen molar-refractivity contribution in [2.24, 2.45) is 5.73 Å². The monoisotopic (exact) mass is 343 g/mol. The number of amidine groups is 1. The van der Waals surface area contributed by atoms with E-state index >= 15 is 0 Å². The zero-order chi connectivity index (χ0) is 17.5. The highest BCUT2D eigenvalue weighted by atomic mass is 32.2. The number of hydrogen-bond acceptors (Lipinski definition) is 5. The number of thioether (sulfide) groups is 1. The highest BCUT2D eigenvalue weighted by Gasteiger charge is 2.22. The summed E-state index contributed by atoms with van der Waals surface area (Å²) in [4.78, 5) is 13.5. The first-order valence-corrected chi connectivity index (χ1v) is 8.79. The number of anilines is 1. The molecule has 1 atom stereocenters. The Balaban J connectivity index is 2.28. The van der Waals surface area contributed by atoms with Gasteiger partial charge in [-0.05, 0) is 55.1 Å². The van der Waals surface area contributed by atoms with Crippen LogP contribution in [0.2, 0.25) is 0 Å². The number of hydrogen-bond donors (Lipinski definition) is 3. The van der Waals surface area contributed by atoms with Crippen molar-refractivity contribution in [3.63, 3.8) is 0 Å². The summed E-state index contributed by atoms with van der Waals surface area (Å²) in [6.45, 7) is 2.11. The molecule has 0 saturated heterocycles. The van der Waals surface area contributed by atoms with Gasteiger partial charge in [0.2, 0.25) is 0 Å². The fourth-order valence-corrected chi connectivity index (χ4v) is 2.71. The Hall–Kier alpha value is -2.47. The lowest BCUT2D eigenvalue weighted by Gasteiger charge is -2.19. The summed E-state index contributed by atoms with van der Waals surface area (Å²) in [6.07, 6.45) is 1.99. The third-order valence-electron chi connectivity index (χ3n) is 3.46. The molecule has 0 fully saturated rings. The maximum atomic E-state index is 12.4. The van der Waals surface area contributed by atoms with Crippen LogP contribution in [-0.2, 0) is 9.53 Å². The van der Waals surface area contributed by atoms with Gasteiger partial charge in [0.25, 0.3) is 0 Å². The van der Waals surface area contributed by atoms with Gasteiger partial charge in [-0.15, -0.1) is 11.8 Å². The van der Waals surface area contributed by atoms with Crippen LogP contribution >= 0.6 is 11.8 Å². The molecule has 0 bridgehead atoms. The van der Waals surface area contributed by atoms with Crippen molar-refractivity contribution >= 4 is 29.3 Å². The van der Waals surface area contributed by atoms with Gasteiger partial charge in [0.1, 0.15) is 5.84 Å². The van der Waals surface area contributed by atoms with Crippen LogP contribution in [0.15, 0.2) is 53.4 Å². The number of ether oxygens (including phenoxy) is 1. The summed E-state index contributed by atoms with van der Waals surface area (Å²) < 4.78 is 5.20. The summed E-state index contributed by atoms with van der Waals surface area (Å²) in [5, 5.41) is 10.6. The van der Waals surface area contributed by atoms with E-state index in [2.05, 4.69) is 5.32 Å². The number of esters is 1. The number of nitrogen functional groups attached to an aromatic ring is 1. The van der Waals surface area contributed by atoms with Gasteiger partial charge >= 0.3 is 5.97 Å². The third kappa shape index (κ3) is 4.52. The number of nitrogens with one attached hydrogen (secondary N) is 2. The molecule has 2 rings (SSSR count). The minimum Gasteiger partial charge on any atom is -0.464 e. The zero-order valence-corrected chi connectivity index (χ0v) is 14.5. The minimum absolute atomic E-state index is 0.0103. The van der Waals surface area contributed by atoms with Crippen molar-refractivity contribution in [2.75, 3.05) is 18.2 Å². The molecule has 0 aliphatic rings. The van der Waals surface area contributed by atoms with Gasteiger partial charge in [-0.25, -0.2) is 4.79 Å². The van der Waals surface area contributed by atoms with Gasteiger partial charge < -0.3 is 15.8 Å². The minimum atomic E-state index is -0.597. The average molecular weight is 343 g/mol. The summed E-state index contributed by atoms with van der Waals surface area (Å²) in [5.41, 5.74) is 7.70. The molecule has 6 heteroatoms. The molecule has 4 N–H and O–H groups in total. The van der Waals surface area contributed by atoms with E-state index < -0.39 is 6.04 Å². The molecule has 5 nitrogen and oxygen atoms in total. The molecule has 126 valence electrons. The van der Waals surface area contributed by atoms with Crippen molar-refractivity contribution in [1.82, 2.24) is 0 Å². The first-order valence-electron chi connectivity index (χ1n) is 7.56. The van der Waals surface area contributed by atoms with E-state index in [-0.39, 0.29) is 11.8 Å². The third-order valence-corrected chi connectivity index (χ3v) is 4.18. The fourth-order valence-electron chi connectivity index (χ4n) is 2.24. The lowest BCUT2D eigenvalue weighted by molar-refractivity contribution is -0.144. The van der Waals surface area contributed by atoms with Crippen LogP contribution in [0.5, 0.6) is 0 Å². The predicted octanol–water partition coefficient (Wildman–Crippen LogP) is 3.41. The smallest absolute Gasteiger partial charge is 0.333 e. The van der Waals surface area contributed by atoms with E-state index in [4.69, 9.17) is 15.9 Å². The van der Waals surface area contributed by atoms with Gasteiger partial charge in [0.05, 0.1) is 6.61 Å². The summed E-state index contributed by atoms with van der Waals surface area (Å²) in [6, 6.07) is 14.3. The fraction of sp³-hybridized carbons (Fsp3) is 0.222. The molecule has 2 aromatic carbocycles. The van der Waals surface area contributed by atoms with Gasteiger partial charge in [0.15, 0.2) is 6.04 Å². The van der Waals surface area contributed by atoms with Crippen LogP contribution in [0.3, 0.4) is 0 Å². The lowest BCUT2D eigenvalue weighted by Crippen LogP contribution is -2.23. The molecule has 0 saturated carbocycles. The van der Waals surface area contributed by atoms with Crippen molar-refractivity contribution in [1.29, 1.82) is 5.41 Å².